The number of aryl methyl sites for hydroxylation is 2. The Morgan fingerprint density at radius 3 is 2.58 bits per heavy atom. The molecule has 1 saturated carbocycles. The van der Waals surface area contributed by atoms with Crippen molar-refractivity contribution in [2.45, 2.75) is 71.0 Å². The number of benzene rings is 1. The van der Waals surface area contributed by atoms with E-state index in [1.54, 1.807) is 0 Å². The van der Waals surface area contributed by atoms with E-state index in [1.165, 1.54) is 16.7 Å². The minimum Gasteiger partial charge on any atom is -0.336 e. The minimum atomic E-state index is -0.662. The van der Waals surface area contributed by atoms with Crippen molar-refractivity contribution < 1.29 is 4.79 Å². The Morgan fingerprint density at radius 2 is 2.00 bits per heavy atom. The molecule has 1 aliphatic carbocycles. The number of carbonyl (C=O) groups is 1. The van der Waals surface area contributed by atoms with E-state index in [1.807, 2.05) is 18.9 Å². The fourth-order valence-electron chi connectivity index (χ4n) is 3.39. The third kappa shape index (κ3) is 4.36. The molecule has 1 aromatic rings. The quantitative estimate of drug-likeness (QED) is 0.901. The Morgan fingerprint density at radius 1 is 1.33 bits per heavy atom. The number of amides is 1. The van der Waals surface area contributed by atoms with Crippen LogP contribution >= 0.6 is 0 Å². The summed E-state index contributed by atoms with van der Waals surface area (Å²) in [5.74, 6) is -0.0503. The lowest BCUT2D eigenvalue weighted by atomic mass is 9.82. The summed E-state index contributed by atoms with van der Waals surface area (Å²) in [5.41, 5.74) is 3.06. The number of nitrogens with zero attached hydrogens (tertiary/aromatic N) is 2. The largest absolute Gasteiger partial charge is 0.336 e. The molecule has 1 atom stereocenters. The van der Waals surface area contributed by atoms with Crippen LogP contribution in [0.4, 0.5) is 0 Å². The Labute approximate surface area is 145 Å². The van der Waals surface area contributed by atoms with Gasteiger partial charge in [-0.25, -0.2) is 0 Å². The number of carbonyl (C=O) groups excluding carboxylic acids is 1. The first-order valence-electron chi connectivity index (χ1n) is 8.86. The van der Waals surface area contributed by atoms with Crippen molar-refractivity contribution in [1.82, 2.24) is 10.2 Å². The van der Waals surface area contributed by atoms with Gasteiger partial charge in [0.25, 0.3) is 0 Å². The van der Waals surface area contributed by atoms with E-state index in [4.69, 9.17) is 0 Å². The van der Waals surface area contributed by atoms with E-state index in [0.717, 1.165) is 38.6 Å². The molecule has 0 saturated heterocycles. The number of nitrogens with one attached hydrogen (secondary N) is 1. The SMILES string of the molecule is Cc1ccc(CN(C)C(C)C(=O)NC2(C#N)CCCCC2)c(C)c1. The third-order valence-electron chi connectivity index (χ3n) is 5.24. The van der Waals surface area contributed by atoms with E-state index < -0.39 is 5.54 Å². The summed E-state index contributed by atoms with van der Waals surface area (Å²) in [5, 5.41) is 12.6. The molecule has 0 bridgehead atoms. The average molecular weight is 327 g/mol. The first-order valence-corrected chi connectivity index (χ1v) is 8.86. The molecule has 0 aromatic heterocycles. The van der Waals surface area contributed by atoms with Gasteiger partial charge in [-0.3, -0.25) is 9.69 Å². The third-order valence-corrected chi connectivity index (χ3v) is 5.24. The summed E-state index contributed by atoms with van der Waals surface area (Å²) >= 11 is 0. The summed E-state index contributed by atoms with van der Waals surface area (Å²) in [6.45, 7) is 6.82. The lowest BCUT2D eigenvalue weighted by Crippen LogP contribution is -2.54. The van der Waals surface area contributed by atoms with Crippen LogP contribution in [0.2, 0.25) is 0 Å². The van der Waals surface area contributed by atoms with Crippen molar-refractivity contribution in [3.8, 4) is 6.07 Å². The number of likely N-dealkylation sites (N-methyl/N-ethyl adjacent to an activating group) is 1. The van der Waals surface area contributed by atoms with E-state index in [-0.39, 0.29) is 11.9 Å². The zero-order chi connectivity index (χ0) is 17.7. The molecule has 4 heteroatoms. The monoisotopic (exact) mass is 327 g/mol. The van der Waals surface area contributed by atoms with Crippen molar-refractivity contribution >= 4 is 5.91 Å². The van der Waals surface area contributed by atoms with E-state index >= 15 is 0 Å². The van der Waals surface area contributed by atoms with Gasteiger partial charge in [0.1, 0.15) is 5.54 Å². The van der Waals surface area contributed by atoms with Crippen LogP contribution < -0.4 is 5.32 Å². The topological polar surface area (TPSA) is 56.1 Å². The van der Waals surface area contributed by atoms with Gasteiger partial charge in [-0.05, 0) is 51.8 Å². The molecule has 1 fully saturated rings. The van der Waals surface area contributed by atoms with Gasteiger partial charge in [0.15, 0.2) is 0 Å². The molecule has 1 aromatic carbocycles. The van der Waals surface area contributed by atoms with E-state index in [2.05, 4.69) is 43.4 Å². The molecule has 1 amide bonds. The predicted molar refractivity (Wildman–Crippen MR) is 96.4 cm³/mol. The minimum absolute atomic E-state index is 0.0503. The maximum Gasteiger partial charge on any atom is 0.238 e. The second-order valence-corrected chi connectivity index (χ2v) is 7.26. The van der Waals surface area contributed by atoms with Crippen LogP contribution in [-0.4, -0.2) is 29.4 Å². The Balaban J connectivity index is 2.00. The van der Waals surface area contributed by atoms with Gasteiger partial charge >= 0.3 is 0 Å². The Hall–Kier alpha value is -1.86. The van der Waals surface area contributed by atoms with Crippen LogP contribution in [0.1, 0.15) is 55.7 Å². The van der Waals surface area contributed by atoms with Crippen molar-refractivity contribution in [2.24, 2.45) is 0 Å². The predicted octanol–water partition coefficient (Wildman–Crippen LogP) is 3.47. The maximum absolute atomic E-state index is 12.6. The molecule has 1 aliphatic rings. The number of rotatable bonds is 5. The second kappa shape index (κ2) is 7.81. The zero-order valence-electron chi connectivity index (χ0n) is 15.4. The second-order valence-electron chi connectivity index (χ2n) is 7.26. The lowest BCUT2D eigenvalue weighted by Gasteiger charge is -2.34. The molecule has 130 valence electrons. The van der Waals surface area contributed by atoms with Crippen LogP contribution in [0.15, 0.2) is 18.2 Å². The van der Waals surface area contributed by atoms with Crippen molar-refractivity contribution in [3.63, 3.8) is 0 Å². The molecule has 0 spiro atoms. The average Bonchev–Trinajstić information content (AvgIpc) is 2.57. The summed E-state index contributed by atoms with van der Waals surface area (Å²) in [7, 11) is 1.96. The van der Waals surface area contributed by atoms with Crippen LogP contribution in [0.5, 0.6) is 0 Å². The van der Waals surface area contributed by atoms with Gasteiger partial charge in [-0.1, -0.05) is 43.0 Å². The Bertz CT molecular complexity index is 626. The highest BCUT2D eigenvalue weighted by atomic mass is 16.2. The highest BCUT2D eigenvalue weighted by Gasteiger charge is 2.35. The van der Waals surface area contributed by atoms with Gasteiger partial charge in [0, 0.05) is 6.54 Å². The number of hydrogen-bond donors (Lipinski definition) is 1. The normalized spacial score (nSPS) is 18.0. The maximum atomic E-state index is 12.6. The molecule has 24 heavy (non-hydrogen) atoms. The molecule has 0 aliphatic heterocycles. The standard InChI is InChI=1S/C20H29N3O/c1-15-8-9-18(16(2)12-15)13-23(4)17(3)19(24)22-20(14-21)10-6-5-7-11-20/h8-9,12,17H,5-7,10-11,13H2,1-4H3,(H,22,24). The first kappa shape index (κ1) is 18.5. The molecule has 4 nitrogen and oxygen atoms in total. The summed E-state index contributed by atoms with van der Waals surface area (Å²) < 4.78 is 0. The van der Waals surface area contributed by atoms with Crippen molar-refractivity contribution in [3.05, 3.63) is 34.9 Å². The van der Waals surface area contributed by atoms with Crippen LogP contribution in [0.25, 0.3) is 0 Å². The van der Waals surface area contributed by atoms with Gasteiger partial charge in [0.2, 0.25) is 5.91 Å². The van der Waals surface area contributed by atoms with Crippen LogP contribution in [0.3, 0.4) is 0 Å². The van der Waals surface area contributed by atoms with E-state index in [9.17, 15) is 10.1 Å². The molecule has 0 radical (unpaired) electrons. The van der Waals surface area contributed by atoms with E-state index in [0.29, 0.717) is 0 Å². The summed E-state index contributed by atoms with van der Waals surface area (Å²) in [6.07, 6.45) is 4.72. The van der Waals surface area contributed by atoms with Crippen LogP contribution in [0, 0.1) is 25.2 Å². The molecule has 2 rings (SSSR count). The molecule has 1 unspecified atom stereocenters. The van der Waals surface area contributed by atoms with Gasteiger partial charge in [-0.2, -0.15) is 5.26 Å². The summed E-state index contributed by atoms with van der Waals surface area (Å²) in [4.78, 5) is 14.7. The molecular weight excluding hydrogens is 298 g/mol. The summed E-state index contributed by atoms with van der Waals surface area (Å²) in [6, 6.07) is 8.49. The number of hydrogen-bond acceptors (Lipinski definition) is 3. The lowest BCUT2D eigenvalue weighted by molar-refractivity contribution is -0.127. The first-order chi connectivity index (χ1) is 11.4. The highest BCUT2D eigenvalue weighted by molar-refractivity contribution is 5.82. The highest BCUT2D eigenvalue weighted by Crippen LogP contribution is 2.27. The zero-order valence-corrected chi connectivity index (χ0v) is 15.4. The fraction of sp³-hybridized carbons (Fsp3) is 0.600. The molecule has 0 heterocycles. The van der Waals surface area contributed by atoms with Crippen molar-refractivity contribution in [1.29, 1.82) is 5.26 Å². The van der Waals surface area contributed by atoms with Gasteiger partial charge < -0.3 is 5.32 Å². The van der Waals surface area contributed by atoms with Gasteiger partial charge in [-0.15, -0.1) is 0 Å². The Kier molecular flexibility index (Phi) is 6.01. The smallest absolute Gasteiger partial charge is 0.238 e. The fourth-order valence-corrected chi connectivity index (χ4v) is 3.39. The number of nitriles is 1. The van der Waals surface area contributed by atoms with Crippen molar-refractivity contribution in [2.75, 3.05) is 7.05 Å². The van der Waals surface area contributed by atoms with Gasteiger partial charge in [0.05, 0.1) is 12.1 Å². The van der Waals surface area contributed by atoms with Crippen LogP contribution in [-0.2, 0) is 11.3 Å². The molecule has 1 N–H and O–H groups in total. The molecular formula is C20H29N3O.